The lowest BCUT2D eigenvalue weighted by Crippen LogP contribution is -2.51. The summed E-state index contributed by atoms with van der Waals surface area (Å²) in [6, 6.07) is 11.3. The number of fused-ring (bicyclic) bond motifs is 1. The molecule has 0 saturated carbocycles. The standard InChI is InChI=1S/C30H28ClF6N3O5S/c31-20-10-11-22-24(14-20)39-17-23(26(41)30(35,36)37)25(22)38-12-6-1-2-7-13-40-27(42)19(16-29(32,33)34)15-28(40,43)18-46(44,45)21-8-4-3-5-9-21/h3-5,8-11,14-15,17,43H,1-2,6-7,12-13,16,18H2,(H,38,39). The van der Waals surface area contributed by atoms with Gasteiger partial charge in [0, 0.05) is 35.3 Å². The number of aromatic nitrogens is 1. The molecule has 0 radical (unpaired) electrons. The number of alkyl halides is 6. The molecule has 248 valence electrons. The van der Waals surface area contributed by atoms with Gasteiger partial charge in [-0.15, -0.1) is 0 Å². The van der Waals surface area contributed by atoms with Gasteiger partial charge in [-0.05, 0) is 49.2 Å². The van der Waals surface area contributed by atoms with Crippen LogP contribution in [0.1, 0.15) is 42.5 Å². The molecule has 1 aromatic heterocycles. The number of benzene rings is 2. The second-order valence-electron chi connectivity index (χ2n) is 10.7. The van der Waals surface area contributed by atoms with Crippen molar-refractivity contribution in [2.24, 2.45) is 0 Å². The number of nitrogens with one attached hydrogen (secondary N) is 1. The highest BCUT2D eigenvalue weighted by Crippen LogP contribution is 2.36. The Morgan fingerprint density at radius 1 is 1.00 bits per heavy atom. The predicted octanol–water partition coefficient (Wildman–Crippen LogP) is 6.49. The molecule has 8 nitrogen and oxygen atoms in total. The lowest BCUT2D eigenvalue weighted by Gasteiger charge is -2.33. The first-order valence-corrected chi connectivity index (χ1v) is 16.0. The number of Topliss-reactive ketones (excluding diaryl/α,β-unsaturated/α-hetero) is 1. The number of ketones is 1. The van der Waals surface area contributed by atoms with Gasteiger partial charge in [0.05, 0.1) is 28.1 Å². The molecule has 1 aliphatic heterocycles. The molecule has 0 spiro atoms. The smallest absolute Gasteiger partial charge is 0.384 e. The van der Waals surface area contributed by atoms with Crippen LogP contribution in [0.5, 0.6) is 0 Å². The van der Waals surface area contributed by atoms with E-state index in [-0.39, 0.29) is 41.0 Å². The van der Waals surface area contributed by atoms with Gasteiger partial charge in [-0.2, -0.15) is 26.3 Å². The molecule has 46 heavy (non-hydrogen) atoms. The highest BCUT2D eigenvalue weighted by molar-refractivity contribution is 7.91. The fourth-order valence-electron chi connectivity index (χ4n) is 5.16. The van der Waals surface area contributed by atoms with Crippen LogP contribution in [0.15, 0.2) is 71.3 Å². The van der Waals surface area contributed by atoms with Gasteiger partial charge in [-0.3, -0.25) is 14.6 Å². The van der Waals surface area contributed by atoms with Crippen LogP contribution in [0.4, 0.5) is 32.0 Å². The Morgan fingerprint density at radius 2 is 1.67 bits per heavy atom. The lowest BCUT2D eigenvalue weighted by molar-refractivity contribution is -0.145. The summed E-state index contributed by atoms with van der Waals surface area (Å²) in [6.45, 7) is -0.135. The minimum absolute atomic E-state index is 0.0698. The minimum Gasteiger partial charge on any atom is -0.384 e. The molecule has 1 amide bonds. The van der Waals surface area contributed by atoms with Crippen LogP contribution < -0.4 is 5.32 Å². The number of hydrogen-bond donors (Lipinski definition) is 2. The minimum atomic E-state index is -5.14. The second-order valence-corrected chi connectivity index (χ2v) is 13.2. The number of pyridine rings is 1. The molecule has 2 heterocycles. The van der Waals surface area contributed by atoms with E-state index in [1.54, 1.807) is 6.07 Å². The normalized spacial score (nSPS) is 17.4. The predicted molar refractivity (Wildman–Crippen MR) is 158 cm³/mol. The average molecular weight is 692 g/mol. The average Bonchev–Trinajstić information content (AvgIpc) is 3.17. The van der Waals surface area contributed by atoms with E-state index in [4.69, 9.17) is 11.6 Å². The van der Waals surface area contributed by atoms with E-state index < -0.39 is 62.9 Å². The van der Waals surface area contributed by atoms with E-state index in [0.717, 1.165) is 11.1 Å². The van der Waals surface area contributed by atoms with Gasteiger partial charge < -0.3 is 15.3 Å². The first-order valence-electron chi connectivity index (χ1n) is 14.0. The maximum Gasteiger partial charge on any atom is 0.455 e. The molecule has 2 N–H and O–H groups in total. The Hall–Kier alpha value is -3.69. The number of carbonyl (C=O) groups excluding carboxylic acids is 2. The van der Waals surface area contributed by atoms with Gasteiger partial charge in [0.1, 0.15) is 5.75 Å². The van der Waals surface area contributed by atoms with Gasteiger partial charge in [-0.1, -0.05) is 42.6 Å². The Morgan fingerprint density at radius 3 is 2.33 bits per heavy atom. The Balaban J connectivity index is 1.40. The van der Waals surface area contributed by atoms with Crippen molar-refractivity contribution >= 4 is 49.7 Å². The number of carbonyl (C=O) groups is 2. The molecule has 0 bridgehead atoms. The van der Waals surface area contributed by atoms with E-state index in [1.807, 2.05) is 0 Å². The molecule has 1 aliphatic rings. The van der Waals surface area contributed by atoms with Crippen molar-refractivity contribution in [1.82, 2.24) is 9.88 Å². The Kier molecular flexibility index (Phi) is 10.4. The number of hydrogen-bond acceptors (Lipinski definition) is 7. The monoisotopic (exact) mass is 691 g/mol. The van der Waals surface area contributed by atoms with Crippen LogP contribution in [0.3, 0.4) is 0 Å². The molecule has 4 rings (SSSR count). The van der Waals surface area contributed by atoms with Crippen molar-refractivity contribution in [2.45, 2.75) is 55.1 Å². The molecule has 0 saturated heterocycles. The highest BCUT2D eigenvalue weighted by atomic mass is 35.5. The first-order chi connectivity index (χ1) is 21.4. The number of nitrogens with zero attached hydrogens (tertiary/aromatic N) is 2. The third-order valence-electron chi connectivity index (χ3n) is 7.23. The third kappa shape index (κ3) is 8.36. The fraction of sp³-hybridized carbons (Fsp3) is 0.367. The van der Waals surface area contributed by atoms with Crippen molar-refractivity contribution in [1.29, 1.82) is 0 Å². The van der Waals surface area contributed by atoms with Gasteiger partial charge in [0.25, 0.3) is 11.7 Å². The topological polar surface area (TPSA) is 117 Å². The summed E-state index contributed by atoms with van der Waals surface area (Å²) in [5.41, 5.74) is -3.75. The summed E-state index contributed by atoms with van der Waals surface area (Å²) in [4.78, 5) is 29.4. The van der Waals surface area contributed by atoms with Crippen LogP contribution >= 0.6 is 11.6 Å². The second kappa shape index (κ2) is 13.6. The van der Waals surface area contributed by atoms with Gasteiger partial charge in [0.15, 0.2) is 15.6 Å². The summed E-state index contributed by atoms with van der Waals surface area (Å²) < 4.78 is 105. The number of aliphatic hydroxyl groups is 1. The fourth-order valence-corrected chi connectivity index (χ4v) is 6.86. The summed E-state index contributed by atoms with van der Waals surface area (Å²) >= 11 is 5.96. The van der Waals surface area contributed by atoms with Crippen molar-refractivity contribution < 1.29 is 49.5 Å². The third-order valence-corrected chi connectivity index (χ3v) is 9.26. The van der Waals surface area contributed by atoms with Crippen LogP contribution in [0.2, 0.25) is 5.02 Å². The molecule has 3 aromatic rings. The van der Waals surface area contributed by atoms with E-state index in [2.05, 4.69) is 10.3 Å². The summed E-state index contributed by atoms with van der Waals surface area (Å²) in [6.07, 6.45) is -8.75. The van der Waals surface area contributed by atoms with Gasteiger partial charge in [-0.25, -0.2) is 8.42 Å². The number of sulfone groups is 1. The van der Waals surface area contributed by atoms with E-state index >= 15 is 0 Å². The number of unbranched alkanes of at least 4 members (excludes halogenated alkanes) is 3. The highest BCUT2D eigenvalue weighted by Gasteiger charge is 2.49. The summed E-state index contributed by atoms with van der Waals surface area (Å²) in [5.74, 6) is -4.25. The molecule has 1 unspecified atom stereocenters. The van der Waals surface area contributed by atoms with Crippen molar-refractivity contribution in [2.75, 3.05) is 24.2 Å². The summed E-state index contributed by atoms with van der Waals surface area (Å²) in [5, 5.41) is 14.6. The molecule has 0 fully saturated rings. The number of amides is 1. The van der Waals surface area contributed by atoms with Crippen molar-refractivity contribution in [3.63, 3.8) is 0 Å². The molecule has 1 atom stereocenters. The zero-order chi connectivity index (χ0) is 33.9. The number of halogens is 7. The van der Waals surface area contributed by atoms with Crippen molar-refractivity contribution in [3.8, 4) is 0 Å². The quantitative estimate of drug-likeness (QED) is 0.120. The molecule has 0 aliphatic carbocycles. The number of anilines is 1. The van der Waals surface area contributed by atoms with E-state index in [9.17, 15) is 49.5 Å². The molecule has 2 aromatic carbocycles. The van der Waals surface area contributed by atoms with Crippen molar-refractivity contribution in [3.05, 3.63) is 77.0 Å². The van der Waals surface area contributed by atoms with Gasteiger partial charge >= 0.3 is 12.4 Å². The van der Waals surface area contributed by atoms with Crippen LogP contribution in [-0.2, 0) is 14.6 Å². The van der Waals surface area contributed by atoms with E-state index in [1.165, 1.54) is 42.5 Å². The van der Waals surface area contributed by atoms with Crippen LogP contribution in [0.25, 0.3) is 10.9 Å². The Bertz CT molecular complexity index is 1750. The summed E-state index contributed by atoms with van der Waals surface area (Å²) in [7, 11) is -4.22. The Labute approximate surface area is 265 Å². The zero-order valence-corrected chi connectivity index (χ0v) is 25.5. The number of rotatable bonds is 13. The van der Waals surface area contributed by atoms with Crippen LogP contribution in [0, 0.1) is 0 Å². The largest absolute Gasteiger partial charge is 0.455 e. The van der Waals surface area contributed by atoms with E-state index in [0.29, 0.717) is 30.4 Å². The van der Waals surface area contributed by atoms with Gasteiger partial charge in [0.2, 0.25) is 0 Å². The first kappa shape index (κ1) is 35.2. The zero-order valence-electron chi connectivity index (χ0n) is 24.0. The molecular weight excluding hydrogens is 664 g/mol. The van der Waals surface area contributed by atoms with Crippen LogP contribution in [-0.4, -0.2) is 72.0 Å². The molecule has 16 heteroatoms. The molecular formula is C30H28ClF6N3O5S. The maximum absolute atomic E-state index is 13.2. The lowest BCUT2D eigenvalue weighted by atomic mass is 10.1. The maximum atomic E-state index is 13.2. The SMILES string of the molecule is O=C1C(CC(F)(F)F)=CC(O)(CS(=O)(=O)c2ccccc2)N1CCCCCCNc1c(C(=O)C(F)(F)F)cnc2cc(Cl)ccc12.